The molecule has 6 heteroatoms. The molecule has 1 aliphatic rings. The van der Waals surface area contributed by atoms with Gasteiger partial charge < -0.3 is 20.1 Å². The second-order valence-electron chi connectivity index (χ2n) is 7.14. The van der Waals surface area contributed by atoms with Crippen LogP contribution in [-0.2, 0) is 4.74 Å². The highest BCUT2D eigenvalue weighted by Gasteiger charge is 2.34. The van der Waals surface area contributed by atoms with E-state index in [0.717, 1.165) is 24.0 Å². The molecule has 2 aromatic carbocycles. The summed E-state index contributed by atoms with van der Waals surface area (Å²) < 4.78 is 18.5. The number of urea groups is 1. The third kappa shape index (κ3) is 4.84. The fraction of sp³-hybridized carbons (Fsp3) is 0.381. The molecule has 2 aromatic rings. The van der Waals surface area contributed by atoms with Gasteiger partial charge in [0.1, 0.15) is 5.82 Å². The predicted molar refractivity (Wildman–Crippen MR) is 103 cm³/mol. The number of nitrogens with one attached hydrogen (secondary N) is 1. The van der Waals surface area contributed by atoms with Crippen molar-refractivity contribution in [2.75, 3.05) is 38.7 Å². The fourth-order valence-electron chi connectivity index (χ4n) is 3.38. The minimum Gasteiger partial charge on any atom is -0.396 e. The molecule has 2 amide bonds. The highest BCUT2D eigenvalue weighted by molar-refractivity contribution is 5.90. The topological polar surface area (TPSA) is 61.8 Å². The summed E-state index contributed by atoms with van der Waals surface area (Å²) in [6, 6.07) is 13.4. The van der Waals surface area contributed by atoms with E-state index in [-0.39, 0.29) is 23.9 Å². The Hall–Kier alpha value is -2.44. The third-order valence-corrected chi connectivity index (χ3v) is 5.10. The van der Waals surface area contributed by atoms with E-state index >= 15 is 0 Å². The van der Waals surface area contributed by atoms with Gasteiger partial charge in [0.15, 0.2) is 0 Å². The normalized spacial score (nSPS) is 16.0. The molecule has 0 aromatic heterocycles. The number of halogens is 1. The molecule has 0 aliphatic carbocycles. The molecule has 1 fully saturated rings. The molecule has 0 spiro atoms. The summed E-state index contributed by atoms with van der Waals surface area (Å²) in [6.07, 6.45) is 1.47. The zero-order valence-electron chi connectivity index (χ0n) is 15.5. The Labute approximate surface area is 158 Å². The van der Waals surface area contributed by atoms with E-state index in [1.165, 1.54) is 12.1 Å². The second kappa shape index (κ2) is 8.50. The van der Waals surface area contributed by atoms with Gasteiger partial charge in [0, 0.05) is 37.9 Å². The lowest BCUT2D eigenvalue weighted by molar-refractivity contribution is -0.0255. The Morgan fingerprint density at radius 1 is 1.19 bits per heavy atom. The monoisotopic (exact) mass is 372 g/mol. The van der Waals surface area contributed by atoms with Gasteiger partial charge in [-0.25, -0.2) is 9.18 Å². The van der Waals surface area contributed by atoms with Crippen LogP contribution in [0, 0.1) is 11.2 Å². The van der Waals surface area contributed by atoms with Crippen LogP contribution in [0.5, 0.6) is 0 Å². The van der Waals surface area contributed by atoms with Crippen molar-refractivity contribution in [2.24, 2.45) is 5.41 Å². The lowest BCUT2D eigenvalue weighted by atomic mass is 9.80. The first kappa shape index (κ1) is 19.3. The van der Waals surface area contributed by atoms with Crippen LogP contribution in [0.2, 0.25) is 0 Å². The van der Waals surface area contributed by atoms with Gasteiger partial charge in [-0.2, -0.15) is 0 Å². The Morgan fingerprint density at radius 3 is 2.56 bits per heavy atom. The van der Waals surface area contributed by atoms with Crippen molar-refractivity contribution in [3.63, 3.8) is 0 Å². The number of anilines is 1. The maximum atomic E-state index is 13.1. The molecule has 0 saturated carbocycles. The van der Waals surface area contributed by atoms with Gasteiger partial charge in [0.2, 0.25) is 0 Å². The number of benzene rings is 2. The Bertz CT molecular complexity index is 773. The van der Waals surface area contributed by atoms with Crippen molar-refractivity contribution in [1.29, 1.82) is 0 Å². The van der Waals surface area contributed by atoms with Crippen molar-refractivity contribution in [3.05, 3.63) is 54.3 Å². The number of nitrogens with zero attached hydrogens (tertiary/aromatic N) is 1. The van der Waals surface area contributed by atoms with Crippen molar-refractivity contribution in [3.8, 4) is 11.1 Å². The molecule has 3 rings (SSSR count). The molecule has 1 heterocycles. The maximum absolute atomic E-state index is 13.1. The molecule has 0 unspecified atom stereocenters. The Balaban J connectivity index is 1.66. The zero-order chi connectivity index (χ0) is 19.3. The summed E-state index contributed by atoms with van der Waals surface area (Å²) in [5.74, 6) is -0.282. The smallest absolute Gasteiger partial charge is 0.321 e. The number of hydrogen-bond donors (Lipinski definition) is 2. The predicted octanol–water partition coefficient (Wildman–Crippen LogP) is 3.75. The summed E-state index contributed by atoms with van der Waals surface area (Å²) in [5, 5.41) is 12.7. The summed E-state index contributed by atoms with van der Waals surface area (Å²) in [7, 11) is 1.73. The minimum atomic E-state index is -0.305. The molecule has 5 nitrogen and oxygen atoms in total. The first-order valence-electron chi connectivity index (χ1n) is 9.08. The van der Waals surface area contributed by atoms with E-state index < -0.39 is 0 Å². The molecule has 27 heavy (non-hydrogen) atoms. The average Bonchev–Trinajstić information content (AvgIpc) is 2.69. The van der Waals surface area contributed by atoms with E-state index in [4.69, 9.17) is 4.74 Å². The molecule has 0 bridgehead atoms. The number of amides is 2. The lowest BCUT2D eigenvalue weighted by Gasteiger charge is -2.38. The number of ether oxygens (including phenoxy) is 1. The first-order valence-corrected chi connectivity index (χ1v) is 9.08. The van der Waals surface area contributed by atoms with Gasteiger partial charge in [-0.3, -0.25) is 0 Å². The summed E-state index contributed by atoms with van der Waals surface area (Å²) in [4.78, 5) is 14.2. The van der Waals surface area contributed by atoms with E-state index in [1.807, 2.05) is 24.3 Å². The standard InChI is InChI=1S/C21H25FN2O3/c1-24(14-21(15-25)9-11-27-12-10-21)20(26)23-19-4-2-3-17(13-19)16-5-7-18(22)8-6-16/h2-8,13,25H,9-12,14-15H2,1H3,(H,23,26). The van der Waals surface area contributed by atoms with Gasteiger partial charge in [-0.1, -0.05) is 24.3 Å². The second-order valence-corrected chi connectivity index (χ2v) is 7.14. The van der Waals surface area contributed by atoms with Gasteiger partial charge in [-0.15, -0.1) is 0 Å². The summed E-state index contributed by atoms with van der Waals surface area (Å²) in [5.41, 5.74) is 2.13. The van der Waals surface area contributed by atoms with Gasteiger partial charge in [-0.05, 0) is 48.2 Å². The van der Waals surface area contributed by atoms with E-state index in [0.29, 0.717) is 25.4 Å². The molecular formula is C21H25FN2O3. The van der Waals surface area contributed by atoms with Crippen LogP contribution in [0.4, 0.5) is 14.9 Å². The Morgan fingerprint density at radius 2 is 1.89 bits per heavy atom. The number of carbonyl (C=O) groups excluding carboxylic acids is 1. The van der Waals surface area contributed by atoms with E-state index in [2.05, 4.69) is 5.32 Å². The van der Waals surface area contributed by atoms with Gasteiger partial charge >= 0.3 is 6.03 Å². The summed E-state index contributed by atoms with van der Waals surface area (Å²) in [6.45, 7) is 1.72. The number of rotatable bonds is 5. The van der Waals surface area contributed by atoms with Crippen molar-refractivity contribution in [1.82, 2.24) is 4.90 Å². The quantitative estimate of drug-likeness (QED) is 0.840. The van der Waals surface area contributed by atoms with Gasteiger partial charge in [0.05, 0.1) is 6.61 Å². The SMILES string of the molecule is CN(CC1(CO)CCOCC1)C(=O)Nc1cccc(-c2ccc(F)cc2)c1. The molecular weight excluding hydrogens is 347 g/mol. The third-order valence-electron chi connectivity index (χ3n) is 5.10. The zero-order valence-corrected chi connectivity index (χ0v) is 15.5. The van der Waals surface area contributed by atoms with Crippen molar-refractivity contribution >= 4 is 11.7 Å². The molecule has 0 atom stereocenters. The Kier molecular flexibility index (Phi) is 6.08. The lowest BCUT2D eigenvalue weighted by Crippen LogP contribution is -2.45. The number of aliphatic hydroxyl groups excluding tert-OH is 1. The largest absolute Gasteiger partial charge is 0.396 e. The van der Waals surface area contributed by atoms with Crippen LogP contribution in [0.3, 0.4) is 0 Å². The number of hydrogen-bond acceptors (Lipinski definition) is 3. The van der Waals surface area contributed by atoms with Crippen LogP contribution >= 0.6 is 0 Å². The van der Waals surface area contributed by atoms with Crippen LogP contribution < -0.4 is 5.32 Å². The molecule has 144 valence electrons. The van der Waals surface area contributed by atoms with Crippen LogP contribution in [0.25, 0.3) is 11.1 Å². The van der Waals surface area contributed by atoms with Crippen molar-refractivity contribution in [2.45, 2.75) is 12.8 Å². The van der Waals surface area contributed by atoms with Crippen LogP contribution in [-0.4, -0.2) is 49.5 Å². The van der Waals surface area contributed by atoms with Crippen LogP contribution in [0.1, 0.15) is 12.8 Å². The van der Waals surface area contributed by atoms with Gasteiger partial charge in [0.25, 0.3) is 0 Å². The first-order chi connectivity index (χ1) is 13.0. The highest BCUT2D eigenvalue weighted by Crippen LogP contribution is 2.31. The molecule has 0 radical (unpaired) electrons. The highest BCUT2D eigenvalue weighted by atomic mass is 19.1. The van der Waals surface area contributed by atoms with E-state index in [1.54, 1.807) is 24.1 Å². The molecule has 1 aliphatic heterocycles. The van der Waals surface area contributed by atoms with Crippen LogP contribution in [0.15, 0.2) is 48.5 Å². The summed E-state index contributed by atoms with van der Waals surface area (Å²) >= 11 is 0. The fourth-order valence-corrected chi connectivity index (χ4v) is 3.38. The molecule has 1 saturated heterocycles. The van der Waals surface area contributed by atoms with E-state index in [9.17, 15) is 14.3 Å². The number of carbonyl (C=O) groups is 1. The molecule has 2 N–H and O–H groups in total. The number of aliphatic hydroxyl groups is 1. The minimum absolute atomic E-state index is 0.0357. The van der Waals surface area contributed by atoms with Crippen molar-refractivity contribution < 1.29 is 19.0 Å². The average molecular weight is 372 g/mol. The maximum Gasteiger partial charge on any atom is 0.321 e.